The average Bonchev–Trinajstić information content (AvgIpc) is 3.04. The summed E-state index contributed by atoms with van der Waals surface area (Å²) in [5.74, 6) is 0.299. The lowest BCUT2D eigenvalue weighted by atomic mass is 9.73. The van der Waals surface area contributed by atoms with Gasteiger partial charge in [-0.25, -0.2) is 9.78 Å². The van der Waals surface area contributed by atoms with Crippen LogP contribution in [-0.2, 0) is 6.54 Å². The van der Waals surface area contributed by atoms with Crippen LogP contribution >= 0.6 is 0 Å². The van der Waals surface area contributed by atoms with Crippen LogP contribution in [-0.4, -0.2) is 20.1 Å². The predicted molar refractivity (Wildman–Crippen MR) is 119 cm³/mol. The first-order chi connectivity index (χ1) is 13.9. The van der Waals surface area contributed by atoms with Gasteiger partial charge in [0.15, 0.2) is 5.65 Å². The van der Waals surface area contributed by atoms with Crippen LogP contribution < -0.4 is 11.0 Å². The molecule has 1 unspecified atom stereocenters. The second-order valence-electron chi connectivity index (χ2n) is 8.22. The molecule has 3 aromatic rings. The normalized spacial score (nSPS) is 19.0. The smallest absolute Gasteiger partial charge is 0.307 e. The van der Waals surface area contributed by atoms with E-state index < -0.39 is 0 Å². The van der Waals surface area contributed by atoms with Crippen molar-refractivity contribution in [3.63, 3.8) is 0 Å². The van der Waals surface area contributed by atoms with Gasteiger partial charge in [-0.05, 0) is 69.5 Å². The van der Waals surface area contributed by atoms with Crippen LogP contribution in [0.15, 0.2) is 65.1 Å². The molecule has 1 aliphatic rings. The van der Waals surface area contributed by atoms with Gasteiger partial charge in [0.25, 0.3) is 0 Å². The molecular weight excluding hydrogens is 360 g/mol. The first-order valence-corrected chi connectivity index (χ1v) is 10.2. The summed E-state index contributed by atoms with van der Waals surface area (Å²) in [7, 11) is 0. The number of imidazole rings is 1. The van der Waals surface area contributed by atoms with Crippen LogP contribution in [0.2, 0.25) is 0 Å². The summed E-state index contributed by atoms with van der Waals surface area (Å²) < 4.78 is 1.72. The van der Waals surface area contributed by atoms with E-state index in [1.165, 1.54) is 16.7 Å². The number of aromatic amines is 1. The standard InChI is InChI=1S/C24H28N4O/c1-5-8-16(6-2)13-20-19-14-18(11-10-17(19)15-26-24(20,3)4)28-21-9-7-12-25-22(21)27-23(28)29/h5-12,14,20,26H,13,15H2,1-4H3,(H,25,27,29)/b8-5-,16-6+. The van der Waals surface area contributed by atoms with Gasteiger partial charge >= 0.3 is 5.69 Å². The zero-order chi connectivity index (χ0) is 20.6. The van der Waals surface area contributed by atoms with Crippen LogP contribution in [0.25, 0.3) is 16.9 Å². The number of allylic oxidation sites excluding steroid dienone is 4. The van der Waals surface area contributed by atoms with E-state index in [9.17, 15) is 4.79 Å². The number of hydrogen-bond acceptors (Lipinski definition) is 3. The first kappa shape index (κ1) is 19.4. The van der Waals surface area contributed by atoms with E-state index in [4.69, 9.17) is 0 Å². The maximum atomic E-state index is 12.7. The fraction of sp³-hybridized carbons (Fsp3) is 0.333. The second kappa shape index (κ2) is 7.48. The van der Waals surface area contributed by atoms with Crippen LogP contribution in [0.1, 0.15) is 51.2 Å². The molecule has 1 atom stereocenters. The fourth-order valence-electron chi connectivity index (χ4n) is 4.34. The molecule has 3 heterocycles. The fourth-order valence-corrected chi connectivity index (χ4v) is 4.34. The van der Waals surface area contributed by atoms with Crippen molar-refractivity contribution in [1.29, 1.82) is 0 Å². The van der Waals surface area contributed by atoms with E-state index in [2.05, 4.69) is 73.3 Å². The molecule has 0 radical (unpaired) electrons. The summed E-state index contributed by atoms with van der Waals surface area (Å²) in [6, 6.07) is 10.1. The van der Waals surface area contributed by atoms with E-state index in [0.29, 0.717) is 11.6 Å². The van der Waals surface area contributed by atoms with Crippen molar-refractivity contribution < 1.29 is 0 Å². The third-order valence-corrected chi connectivity index (χ3v) is 6.02. The Morgan fingerprint density at radius 1 is 1.31 bits per heavy atom. The number of nitrogens with zero attached hydrogens (tertiary/aromatic N) is 2. The Balaban J connectivity index is 1.85. The Labute approximate surface area is 171 Å². The Morgan fingerprint density at radius 2 is 2.14 bits per heavy atom. The lowest BCUT2D eigenvalue weighted by Gasteiger charge is -2.42. The highest BCUT2D eigenvalue weighted by atomic mass is 16.1. The lowest BCUT2D eigenvalue weighted by molar-refractivity contribution is 0.293. The summed E-state index contributed by atoms with van der Waals surface area (Å²) in [6.45, 7) is 9.50. The molecule has 0 bridgehead atoms. The highest BCUT2D eigenvalue weighted by Crippen LogP contribution is 2.40. The molecule has 0 amide bonds. The minimum Gasteiger partial charge on any atom is -0.307 e. The molecule has 2 N–H and O–H groups in total. The highest BCUT2D eigenvalue weighted by Gasteiger charge is 2.36. The minimum absolute atomic E-state index is 0.0474. The molecule has 0 spiro atoms. The molecule has 4 rings (SSSR count). The molecular formula is C24H28N4O. The molecule has 1 aromatic carbocycles. The van der Waals surface area contributed by atoms with Crippen LogP contribution in [0.3, 0.4) is 0 Å². The van der Waals surface area contributed by atoms with Gasteiger partial charge in [-0.2, -0.15) is 0 Å². The minimum atomic E-state index is -0.161. The summed E-state index contributed by atoms with van der Waals surface area (Å²) in [6.07, 6.45) is 9.10. The van der Waals surface area contributed by atoms with Gasteiger partial charge < -0.3 is 5.32 Å². The maximum Gasteiger partial charge on any atom is 0.332 e. The zero-order valence-electron chi connectivity index (χ0n) is 17.5. The number of pyridine rings is 1. The first-order valence-electron chi connectivity index (χ1n) is 10.2. The quantitative estimate of drug-likeness (QED) is 0.643. The van der Waals surface area contributed by atoms with Crippen molar-refractivity contribution in [3.8, 4) is 5.69 Å². The molecule has 1 aliphatic heterocycles. The molecule has 0 saturated heterocycles. The monoisotopic (exact) mass is 388 g/mol. The largest absolute Gasteiger partial charge is 0.332 e. The molecule has 2 aromatic heterocycles. The van der Waals surface area contributed by atoms with Gasteiger partial charge in [0.2, 0.25) is 0 Å². The number of aromatic nitrogens is 3. The highest BCUT2D eigenvalue weighted by molar-refractivity contribution is 5.73. The topological polar surface area (TPSA) is 62.7 Å². The molecule has 29 heavy (non-hydrogen) atoms. The van der Waals surface area contributed by atoms with Gasteiger partial charge in [0.1, 0.15) is 0 Å². The molecule has 0 fully saturated rings. The Morgan fingerprint density at radius 3 is 2.90 bits per heavy atom. The van der Waals surface area contributed by atoms with Crippen molar-refractivity contribution in [2.24, 2.45) is 0 Å². The van der Waals surface area contributed by atoms with Gasteiger partial charge in [-0.1, -0.05) is 29.9 Å². The van der Waals surface area contributed by atoms with Crippen molar-refractivity contribution in [2.75, 3.05) is 0 Å². The van der Waals surface area contributed by atoms with Gasteiger partial charge in [0, 0.05) is 24.2 Å². The molecule has 5 nitrogen and oxygen atoms in total. The second-order valence-corrected chi connectivity index (χ2v) is 8.22. The maximum absolute atomic E-state index is 12.7. The average molecular weight is 389 g/mol. The summed E-state index contributed by atoms with van der Waals surface area (Å²) in [4.78, 5) is 19.8. The Bertz CT molecular complexity index is 1160. The van der Waals surface area contributed by atoms with E-state index in [-0.39, 0.29) is 11.2 Å². The van der Waals surface area contributed by atoms with Crippen molar-refractivity contribution in [3.05, 3.63) is 81.9 Å². The molecule has 5 heteroatoms. The van der Waals surface area contributed by atoms with E-state index in [1.807, 2.05) is 18.2 Å². The number of nitrogens with one attached hydrogen (secondary N) is 2. The Hall–Kier alpha value is -2.92. The third kappa shape index (κ3) is 3.47. The van der Waals surface area contributed by atoms with Gasteiger partial charge in [-0.3, -0.25) is 9.55 Å². The third-order valence-electron chi connectivity index (χ3n) is 6.02. The Kier molecular flexibility index (Phi) is 5.01. The number of fused-ring (bicyclic) bond motifs is 2. The molecule has 0 aliphatic carbocycles. The number of H-pyrrole nitrogens is 1. The molecule has 0 saturated carbocycles. The number of rotatable bonds is 4. The van der Waals surface area contributed by atoms with E-state index in [1.54, 1.807) is 10.8 Å². The van der Waals surface area contributed by atoms with Crippen LogP contribution in [0.4, 0.5) is 0 Å². The summed E-state index contributed by atoms with van der Waals surface area (Å²) in [5.41, 5.74) is 5.99. The summed E-state index contributed by atoms with van der Waals surface area (Å²) in [5, 5.41) is 3.70. The predicted octanol–water partition coefficient (Wildman–Crippen LogP) is 4.59. The van der Waals surface area contributed by atoms with Crippen LogP contribution in [0.5, 0.6) is 0 Å². The molecule has 150 valence electrons. The van der Waals surface area contributed by atoms with Gasteiger partial charge in [0.05, 0.1) is 11.2 Å². The van der Waals surface area contributed by atoms with Crippen LogP contribution in [0, 0.1) is 0 Å². The van der Waals surface area contributed by atoms with Crippen molar-refractivity contribution in [1.82, 2.24) is 19.9 Å². The number of benzene rings is 1. The van der Waals surface area contributed by atoms with E-state index >= 15 is 0 Å². The van der Waals surface area contributed by atoms with Gasteiger partial charge in [-0.15, -0.1) is 0 Å². The van der Waals surface area contributed by atoms with E-state index in [0.717, 1.165) is 24.2 Å². The lowest BCUT2D eigenvalue weighted by Crippen LogP contribution is -2.48. The number of hydrogen-bond donors (Lipinski definition) is 2. The SMILES string of the molecule is C/C=C\C(=C/C)CC1c2cc(-n3c(=O)[nH]c4ncccc43)ccc2CNC1(C)C. The zero-order valence-corrected chi connectivity index (χ0v) is 17.5. The van der Waals surface area contributed by atoms with Crippen molar-refractivity contribution in [2.45, 2.75) is 52.1 Å². The summed E-state index contributed by atoms with van der Waals surface area (Å²) >= 11 is 0. The van der Waals surface area contributed by atoms with Crippen molar-refractivity contribution >= 4 is 11.2 Å².